The molecule has 0 bridgehead atoms. The Hall–Kier alpha value is -2.97. The lowest BCUT2D eigenvalue weighted by Crippen LogP contribution is -2.62. The lowest BCUT2D eigenvalue weighted by molar-refractivity contribution is -0.142. The van der Waals surface area contributed by atoms with E-state index < -0.39 is 17.4 Å². The first-order valence-corrected chi connectivity index (χ1v) is 13.5. The van der Waals surface area contributed by atoms with Crippen LogP contribution >= 0.6 is 11.6 Å². The first kappa shape index (κ1) is 26.6. The van der Waals surface area contributed by atoms with Gasteiger partial charge in [0, 0.05) is 55.5 Å². The Morgan fingerprint density at radius 1 is 1.05 bits per heavy atom. The van der Waals surface area contributed by atoms with Crippen LogP contribution in [0.3, 0.4) is 0 Å². The number of ketones is 1. The fourth-order valence-electron chi connectivity index (χ4n) is 5.88. The Morgan fingerprint density at radius 3 is 2.29 bits per heavy atom. The quantitative estimate of drug-likeness (QED) is 0.576. The van der Waals surface area contributed by atoms with Crippen LogP contribution in [0.5, 0.6) is 5.75 Å². The van der Waals surface area contributed by atoms with Gasteiger partial charge in [0.1, 0.15) is 17.1 Å². The molecule has 2 atom stereocenters. The van der Waals surface area contributed by atoms with Crippen LogP contribution in [-0.2, 0) is 9.59 Å². The van der Waals surface area contributed by atoms with Gasteiger partial charge in [-0.05, 0) is 67.6 Å². The molecule has 38 heavy (non-hydrogen) atoms. The van der Waals surface area contributed by atoms with E-state index in [1.54, 1.807) is 19.2 Å². The average Bonchev–Trinajstić information content (AvgIpc) is 3.52. The summed E-state index contributed by atoms with van der Waals surface area (Å²) in [6.45, 7) is 3.83. The highest BCUT2D eigenvalue weighted by Gasteiger charge is 2.57. The summed E-state index contributed by atoms with van der Waals surface area (Å²) in [6.07, 6.45) is 2.25. The summed E-state index contributed by atoms with van der Waals surface area (Å²) in [5.74, 6) is -0.733. The zero-order valence-electron chi connectivity index (χ0n) is 21.7. The number of amides is 2. The lowest BCUT2D eigenvalue weighted by Gasteiger charge is -2.44. The van der Waals surface area contributed by atoms with Gasteiger partial charge in [0.2, 0.25) is 5.91 Å². The summed E-state index contributed by atoms with van der Waals surface area (Å²) in [4.78, 5) is 44.0. The Balaban J connectivity index is 1.41. The van der Waals surface area contributed by atoms with Gasteiger partial charge >= 0.3 is 6.09 Å². The number of Topliss-reactive ketones (excluding diaryl/α,β-unsaturated/α-hetero) is 1. The SMILES string of the molecule is CN(C(=O)Oc1ccc(F)cc1)[C@]1(C(=O)C2CCN(C(=O)C3(C)CC3)CC2)CNC[C@H]1c1ccc(Cl)cc1. The van der Waals surface area contributed by atoms with Crippen LogP contribution in [0.4, 0.5) is 9.18 Å². The van der Waals surface area contributed by atoms with Crippen LogP contribution in [0.25, 0.3) is 0 Å². The standard InChI is InChI=1S/C29H33ClFN3O4/c1-28(13-14-28)26(36)34-15-11-20(12-16-34)25(35)29(18-32-17-24(29)19-3-5-21(30)6-4-19)33(2)27(37)38-23-9-7-22(31)8-10-23/h3-10,20,24,32H,11-18H2,1-2H3/t24-,29+/m0/s1. The summed E-state index contributed by atoms with van der Waals surface area (Å²) in [5.41, 5.74) is -0.551. The zero-order chi connectivity index (χ0) is 27.1. The predicted molar refractivity (Wildman–Crippen MR) is 142 cm³/mol. The third kappa shape index (κ3) is 4.92. The first-order valence-electron chi connectivity index (χ1n) is 13.2. The Morgan fingerprint density at radius 2 is 1.68 bits per heavy atom. The summed E-state index contributed by atoms with van der Waals surface area (Å²) in [7, 11) is 1.59. The van der Waals surface area contributed by atoms with Crippen molar-refractivity contribution in [2.45, 2.75) is 44.1 Å². The number of halogens is 2. The molecule has 1 aliphatic carbocycles. The Kier molecular flexibility index (Phi) is 7.22. The second-order valence-electron chi connectivity index (χ2n) is 11.0. The van der Waals surface area contributed by atoms with Crippen LogP contribution in [0.1, 0.15) is 44.1 Å². The van der Waals surface area contributed by atoms with Gasteiger partial charge in [-0.1, -0.05) is 30.7 Å². The number of rotatable bonds is 6. The number of benzene rings is 2. The molecule has 9 heteroatoms. The minimum Gasteiger partial charge on any atom is -0.410 e. The van der Waals surface area contributed by atoms with Crippen molar-refractivity contribution in [2.24, 2.45) is 11.3 Å². The van der Waals surface area contributed by atoms with E-state index in [9.17, 15) is 18.8 Å². The molecule has 1 N–H and O–H groups in total. The number of hydrogen-bond donors (Lipinski definition) is 1. The normalized spacial score (nSPS) is 24.6. The maximum atomic E-state index is 14.4. The highest BCUT2D eigenvalue weighted by atomic mass is 35.5. The topological polar surface area (TPSA) is 79.0 Å². The molecule has 2 aromatic rings. The number of piperidine rings is 1. The summed E-state index contributed by atoms with van der Waals surface area (Å²) < 4.78 is 18.9. The number of nitrogens with one attached hydrogen (secondary N) is 1. The Bertz CT molecular complexity index is 1210. The molecule has 0 unspecified atom stereocenters. The smallest absolute Gasteiger partial charge is 0.410 e. The third-order valence-electron chi connectivity index (χ3n) is 8.58. The van der Waals surface area contributed by atoms with Crippen molar-refractivity contribution in [1.82, 2.24) is 15.1 Å². The molecule has 2 saturated heterocycles. The van der Waals surface area contributed by atoms with Crippen LogP contribution in [0.15, 0.2) is 48.5 Å². The van der Waals surface area contributed by atoms with Gasteiger partial charge in [0.05, 0.1) is 0 Å². The molecule has 0 aromatic heterocycles. The van der Waals surface area contributed by atoms with E-state index in [-0.39, 0.29) is 41.2 Å². The molecule has 202 valence electrons. The maximum Gasteiger partial charge on any atom is 0.415 e. The van der Waals surface area contributed by atoms with E-state index in [0.717, 1.165) is 18.4 Å². The fraction of sp³-hybridized carbons (Fsp3) is 0.483. The van der Waals surface area contributed by atoms with Crippen molar-refractivity contribution >= 4 is 29.4 Å². The number of ether oxygens (including phenoxy) is 1. The highest BCUT2D eigenvalue weighted by molar-refractivity contribution is 6.30. The van der Waals surface area contributed by atoms with Crippen molar-refractivity contribution in [3.05, 3.63) is 64.9 Å². The molecule has 3 aliphatic rings. The molecule has 5 rings (SSSR count). The largest absolute Gasteiger partial charge is 0.415 e. The van der Waals surface area contributed by atoms with Crippen LogP contribution in [0, 0.1) is 17.2 Å². The summed E-state index contributed by atoms with van der Waals surface area (Å²) in [6, 6.07) is 12.5. The summed E-state index contributed by atoms with van der Waals surface area (Å²) in [5, 5.41) is 3.93. The molecule has 3 fully saturated rings. The number of nitrogens with zero attached hydrogens (tertiary/aromatic N) is 2. The van der Waals surface area contributed by atoms with E-state index in [1.165, 1.54) is 29.2 Å². The van der Waals surface area contributed by atoms with Crippen molar-refractivity contribution < 1.29 is 23.5 Å². The van der Waals surface area contributed by atoms with Crippen molar-refractivity contribution in [2.75, 3.05) is 33.2 Å². The molecule has 7 nitrogen and oxygen atoms in total. The van der Waals surface area contributed by atoms with Gasteiger partial charge in [-0.25, -0.2) is 9.18 Å². The van der Waals surface area contributed by atoms with Gasteiger partial charge in [-0.15, -0.1) is 0 Å². The second kappa shape index (κ2) is 10.3. The van der Waals surface area contributed by atoms with Gasteiger partial charge < -0.3 is 15.0 Å². The molecule has 1 saturated carbocycles. The molecule has 0 spiro atoms. The second-order valence-corrected chi connectivity index (χ2v) is 11.5. The van der Waals surface area contributed by atoms with Gasteiger partial charge in [-0.3, -0.25) is 14.5 Å². The van der Waals surface area contributed by atoms with Crippen molar-refractivity contribution in [1.29, 1.82) is 0 Å². The van der Waals surface area contributed by atoms with Gasteiger partial charge in [-0.2, -0.15) is 0 Å². The van der Waals surface area contributed by atoms with Crippen LogP contribution in [0.2, 0.25) is 5.02 Å². The number of carbonyl (C=O) groups is 3. The third-order valence-corrected chi connectivity index (χ3v) is 8.83. The molecule has 2 amide bonds. The van der Waals surface area contributed by atoms with Gasteiger partial charge in [0.25, 0.3) is 0 Å². The number of hydrogen-bond acceptors (Lipinski definition) is 5. The van der Waals surface area contributed by atoms with E-state index >= 15 is 0 Å². The number of likely N-dealkylation sites (tertiary alicyclic amines) is 1. The number of likely N-dealkylation sites (N-methyl/N-ethyl adjacent to an activating group) is 1. The molecule has 2 aliphatic heterocycles. The van der Waals surface area contributed by atoms with Crippen molar-refractivity contribution in [3.63, 3.8) is 0 Å². The molecule has 0 radical (unpaired) electrons. The van der Waals surface area contributed by atoms with Crippen LogP contribution < -0.4 is 10.1 Å². The fourth-order valence-corrected chi connectivity index (χ4v) is 6.01. The molecule has 2 heterocycles. The maximum absolute atomic E-state index is 14.4. The monoisotopic (exact) mass is 541 g/mol. The van der Waals surface area contributed by atoms with Crippen LogP contribution in [-0.4, -0.2) is 66.3 Å². The molecular weight excluding hydrogens is 509 g/mol. The lowest BCUT2D eigenvalue weighted by atomic mass is 9.72. The average molecular weight is 542 g/mol. The zero-order valence-corrected chi connectivity index (χ0v) is 22.5. The van der Waals surface area contributed by atoms with Gasteiger partial charge in [0.15, 0.2) is 5.78 Å². The number of carbonyl (C=O) groups excluding carboxylic acids is 3. The van der Waals surface area contributed by atoms with E-state index in [0.29, 0.717) is 37.5 Å². The Labute approximate surface area is 227 Å². The molecular formula is C29H33ClFN3O4. The van der Waals surface area contributed by atoms with E-state index in [2.05, 4.69) is 5.32 Å². The highest BCUT2D eigenvalue weighted by Crippen LogP contribution is 2.47. The van der Waals surface area contributed by atoms with E-state index in [4.69, 9.17) is 16.3 Å². The summed E-state index contributed by atoms with van der Waals surface area (Å²) >= 11 is 6.14. The molecule has 2 aromatic carbocycles. The predicted octanol–water partition coefficient (Wildman–Crippen LogP) is 4.64. The van der Waals surface area contributed by atoms with Crippen molar-refractivity contribution in [3.8, 4) is 5.75 Å². The minimum atomic E-state index is -1.20. The first-order chi connectivity index (χ1) is 18.1. The minimum absolute atomic E-state index is 0.0364. The van der Waals surface area contributed by atoms with E-state index in [1.807, 2.05) is 24.0 Å².